The zero-order valence-corrected chi connectivity index (χ0v) is 18.4. The van der Waals surface area contributed by atoms with Crippen molar-refractivity contribution in [1.82, 2.24) is 19.6 Å². The fourth-order valence-corrected chi connectivity index (χ4v) is 6.26. The summed E-state index contributed by atoms with van der Waals surface area (Å²) in [6.45, 7) is 2.17. The first-order chi connectivity index (χ1) is 15.2. The lowest BCUT2D eigenvalue weighted by Crippen LogP contribution is -2.14. The summed E-state index contributed by atoms with van der Waals surface area (Å²) in [7, 11) is 0. The van der Waals surface area contributed by atoms with E-state index in [1.54, 1.807) is 29.5 Å². The number of rotatable bonds is 4. The lowest BCUT2D eigenvalue weighted by molar-refractivity contribution is -0.113. The molecule has 0 spiro atoms. The molecule has 1 N–H and O–H groups in total. The van der Waals surface area contributed by atoms with Crippen LogP contribution in [0.3, 0.4) is 0 Å². The smallest absolute Gasteiger partial charge is 0.234 e. The monoisotopic (exact) mass is 453 g/mol. The maximum absolute atomic E-state index is 12.5. The molecule has 0 atom stereocenters. The summed E-state index contributed by atoms with van der Waals surface area (Å²) in [4.78, 5) is 19.8. The summed E-state index contributed by atoms with van der Waals surface area (Å²) in [5, 5.41) is 13.6. The van der Waals surface area contributed by atoms with Gasteiger partial charge in [0, 0.05) is 16.6 Å². The van der Waals surface area contributed by atoms with E-state index in [2.05, 4.69) is 15.5 Å². The second-order valence-electron chi connectivity index (χ2n) is 7.60. The van der Waals surface area contributed by atoms with Crippen molar-refractivity contribution in [2.24, 2.45) is 0 Å². The van der Waals surface area contributed by atoms with Gasteiger partial charge >= 0.3 is 0 Å². The molecule has 4 aromatic rings. The van der Waals surface area contributed by atoms with Gasteiger partial charge in [0.25, 0.3) is 0 Å². The zero-order valence-electron chi connectivity index (χ0n) is 16.8. The van der Waals surface area contributed by atoms with Crippen molar-refractivity contribution in [2.45, 2.75) is 37.8 Å². The average molecular weight is 454 g/mol. The highest BCUT2D eigenvalue weighted by atomic mass is 32.2. The number of ether oxygens (including phenoxy) is 2. The Hall–Kier alpha value is -2.85. The van der Waals surface area contributed by atoms with E-state index in [9.17, 15) is 4.79 Å². The third-order valence-electron chi connectivity index (χ3n) is 5.59. The number of carbonyl (C=O) groups is 1. The number of benzene rings is 1. The summed E-state index contributed by atoms with van der Waals surface area (Å²) in [5.41, 5.74) is 2.90. The maximum Gasteiger partial charge on any atom is 0.234 e. The van der Waals surface area contributed by atoms with Gasteiger partial charge < -0.3 is 14.8 Å². The van der Waals surface area contributed by atoms with Gasteiger partial charge in [-0.3, -0.25) is 9.20 Å². The van der Waals surface area contributed by atoms with Crippen LogP contribution in [-0.4, -0.2) is 38.0 Å². The number of carbonyl (C=O) groups excluding carboxylic acids is 1. The van der Waals surface area contributed by atoms with E-state index in [-0.39, 0.29) is 18.5 Å². The summed E-state index contributed by atoms with van der Waals surface area (Å²) in [6.07, 6.45) is 4.64. The standard InChI is InChI=1S/C21H19N5O3S2/c1-11-22-20-18(13-4-2-3-5-16(13)31-20)19-24-25-21(26(11)19)30-9-17(27)23-12-6-7-14-15(8-12)29-10-28-14/h6-8H,2-5,9-10H2,1H3,(H,23,27). The van der Waals surface area contributed by atoms with Crippen LogP contribution < -0.4 is 14.8 Å². The molecular weight excluding hydrogens is 434 g/mol. The summed E-state index contributed by atoms with van der Waals surface area (Å²) in [6, 6.07) is 5.36. The first-order valence-electron chi connectivity index (χ1n) is 10.2. The van der Waals surface area contributed by atoms with Crippen LogP contribution in [0.4, 0.5) is 5.69 Å². The Morgan fingerprint density at radius 3 is 3.03 bits per heavy atom. The Labute approximate surface area is 186 Å². The normalized spacial score (nSPS) is 14.9. The van der Waals surface area contributed by atoms with Crippen molar-refractivity contribution in [3.8, 4) is 11.5 Å². The molecule has 2 aliphatic rings. The number of hydrogen-bond acceptors (Lipinski definition) is 8. The van der Waals surface area contributed by atoms with Crippen molar-refractivity contribution in [3.05, 3.63) is 34.5 Å². The van der Waals surface area contributed by atoms with Gasteiger partial charge in [-0.15, -0.1) is 21.5 Å². The van der Waals surface area contributed by atoms with Gasteiger partial charge in [-0.05, 0) is 50.3 Å². The van der Waals surface area contributed by atoms with E-state index in [1.165, 1.54) is 35.0 Å². The number of thioether (sulfide) groups is 1. The second-order valence-corrected chi connectivity index (χ2v) is 9.62. The van der Waals surface area contributed by atoms with E-state index >= 15 is 0 Å². The van der Waals surface area contributed by atoms with E-state index in [4.69, 9.17) is 14.5 Å². The van der Waals surface area contributed by atoms with Gasteiger partial charge in [0.2, 0.25) is 12.7 Å². The van der Waals surface area contributed by atoms with Crippen molar-refractivity contribution in [1.29, 1.82) is 0 Å². The Kier molecular flexibility index (Phi) is 4.50. The fraction of sp³-hybridized carbons (Fsp3) is 0.333. The highest BCUT2D eigenvalue weighted by molar-refractivity contribution is 7.99. The minimum Gasteiger partial charge on any atom is -0.454 e. The van der Waals surface area contributed by atoms with Crippen LogP contribution in [0.15, 0.2) is 23.4 Å². The number of fused-ring (bicyclic) bond motifs is 6. The van der Waals surface area contributed by atoms with Crippen molar-refractivity contribution in [2.75, 3.05) is 17.9 Å². The van der Waals surface area contributed by atoms with E-state index < -0.39 is 0 Å². The second kappa shape index (κ2) is 7.38. The van der Waals surface area contributed by atoms with E-state index in [0.717, 1.165) is 34.5 Å². The number of thiophene rings is 1. The molecule has 0 radical (unpaired) electrons. The molecule has 1 aliphatic carbocycles. The van der Waals surface area contributed by atoms with Gasteiger partial charge in [0.05, 0.1) is 11.1 Å². The summed E-state index contributed by atoms with van der Waals surface area (Å²) < 4.78 is 12.6. The Morgan fingerprint density at radius 2 is 2.10 bits per heavy atom. The average Bonchev–Trinajstić information content (AvgIpc) is 3.48. The molecule has 0 fully saturated rings. The number of aromatic nitrogens is 4. The molecular formula is C21H19N5O3S2. The molecule has 31 heavy (non-hydrogen) atoms. The quantitative estimate of drug-likeness (QED) is 0.467. The molecule has 158 valence electrons. The third-order valence-corrected chi connectivity index (χ3v) is 7.70. The largest absolute Gasteiger partial charge is 0.454 e. The number of nitrogens with one attached hydrogen (secondary N) is 1. The summed E-state index contributed by atoms with van der Waals surface area (Å²) >= 11 is 3.14. The Morgan fingerprint density at radius 1 is 1.23 bits per heavy atom. The molecule has 8 nitrogen and oxygen atoms in total. The number of nitrogens with zero attached hydrogens (tertiary/aromatic N) is 4. The van der Waals surface area contributed by atoms with Crippen LogP contribution in [0.25, 0.3) is 15.9 Å². The van der Waals surface area contributed by atoms with E-state index in [1.807, 2.05) is 11.3 Å². The Balaban J connectivity index is 1.25. The molecule has 1 amide bonds. The van der Waals surface area contributed by atoms with Gasteiger partial charge in [0.15, 0.2) is 22.3 Å². The molecule has 0 saturated carbocycles. The molecule has 0 unspecified atom stereocenters. The highest BCUT2D eigenvalue weighted by Gasteiger charge is 2.23. The fourth-order valence-electron chi connectivity index (χ4n) is 4.18. The number of aryl methyl sites for hydroxylation is 3. The highest BCUT2D eigenvalue weighted by Crippen LogP contribution is 2.38. The molecule has 0 saturated heterocycles. The molecule has 3 aromatic heterocycles. The SMILES string of the molecule is Cc1nc2sc3c(c2c2nnc(SCC(=O)Nc4ccc5c(c4)OCO5)n12)CCCC3. The predicted molar refractivity (Wildman–Crippen MR) is 119 cm³/mol. The summed E-state index contributed by atoms with van der Waals surface area (Å²) in [5.74, 6) is 2.25. The van der Waals surface area contributed by atoms with Crippen molar-refractivity contribution >= 4 is 50.6 Å². The van der Waals surface area contributed by atoms with Crippen LogP contribution in [0.1, 0.15) is 29.1 Å². The molecule has 4 heterocycles. The topological polar surface area (TPSA) is 90.6 Å². The van der Waals surface area contributed by atoms with E-state index in [0.29, 0.717) is 22.3 Å². The van der Waals surface area contributed by atoms with Gasteiger partial charge in [-0.2, -0.15) is 0 Å². The van der Waals surface area contributed by atoms with Crippen molar-refractivity contribution < 1.29 is 14.3 Å². The molecule has 6 rings (SSSR count). The third kappa shape index (κ3) is 3.21. The zero-order chi connectivity index (χ0) is 20.9. The first-order valence-corrected chi connectivity index (χ1v) is 12.0. The first kappa shape index (κ1) is 18.9. The van der Waals surface area contributed by atoms with Crippen LogP contribution in [0.5, 0.6) is 11.5 Å². The molecule has 1 aliphatic heterocycles. The van der Waals surface area contributed by atoms with Crippen LogP contribution in [-0.2, 0) is 17.6 Å². The lowest BCUT2D eigenvalue weighted by Gasteiger charge is -2.10. The molecule has 10 heteroatoms. The maximum atomic E-state index is 12.5. The molecule has 0 bridgehead atoms. The van der Waals surface area contributed by atoms with Crippen LogP contribution >= 0.6 is 23.1 Å². The van der Waals surface area contributed by atoms with Gasteiger partial charge in [-0.25, -0.2) is 4.98 Å². The predicted octanol–water partition coefficient (Wildman–Crippen LogP) is 3.99. The van der Waals surface area contributed by atoms with Gasteiger partial charge in [0.1, 0.15) is 10.7 Å². The number of amides is 1. The minimum atomic E-state index is -0.125. The number of hydrogen-bond donors (Lipinski definition) is 1. The van der Waals surface area contributed by atoms with Crippen LogP contribution in [0, 0.1) is 6.92 Å². The van der Waals surface area contributed by atoms with Crippen molar-refractivity contribution in [3.63, 3.8) is 0 Å². The van der Waals surface area contributed by atoms with Gasteiger partial charge in [-0.1, -0.05) is 11.8 Å². The lowest BCUT2D eigenvalue weighted by atomic mass is 9.97. The molecule has 1 aromatic carbocycles. The number of anilines is 1. The van der Waals surface area contributed by atoms with Crippen LogP contribution in [0.2, 0.25) is 0 Å². The minimum absolute atomic E-state index is 0.125. The Bertz CT molecular complexity index is 1350.